The Bertz CT molecular complexity index is 735. The van der Waals surface area contributed by atoms with Gasteiger partial charge in [-0.3, -0.25) is 0 Å². The Kier molecular flexibility index (Phi) is 3.65. The minimum Gasteiger partial charge on any atom is -0.480 e. The molecule has 21 heavy (non-hydrogen) atoms. The molecule has 10 heteroatoms. The van der Waals surface area contributed by atoms with E-state index in [4.69, 9.17) is 27.3 Å². The van der Waals surface area contributed by atoms with Gasteiger partial charge in [-0.25, -0.2) is 0 Å². The monoisotopic (exact) mass is 317 g/mol. The maximum absolute atomic E-state index is 13.1. The molecule has 0 saturated carbocycles. The van der Waals surface area contributed by atoms with Crippen LogP contribution in [0.2, 0.25) is 5.02 Å². The fourth-order valence-electron chi connectivity index (χ4n) is 1.59. The Labute approximate surface area is 121 Å². The van der Waals surface area contributed by atoms with E-state index in [-0.39, 0.29) is 22.3 Å². The molecule has 0 unspecified atom stereocenters. The van der Waals surface area contributed by atoms with Gasteiger partial charge in [0.1, 0.15) is 28.0 Å². The molecule has 6 nitrogen and oxygen atoms in total. The van der Waals surface area contributed by atoms with E-state index in [0.717, 1.165) is 6.20 Å². The number of alkyl halides is 3. The number of hydrogen-bond donors (Lipinski definition) is 1. The molecule has 2 rings (SSSR count). The molecule has 0 fully saturated rings. The number of hydrogen-bond acceptors (Lipinski definition) is 5. The van der Waals surface area contributed by atoms with Gasteiger partial charge in [0.2, 0.25) is 5.88 Å². The number of methoxy groups -OCH3 is 1. The van der Waals surface area contributed by atoms with Crippen molar-refractivity contribution in [1.29, 1.82) is 5.26 Å². The number of nitrogens with two attached hydrogens (primary N) is 1. The third-order valence-corrected chi connectivity index (χ3v) is 2.82. The molecule has 2 heterocycles. The van der Waals surface area contributed by atoms with Gasteiger partial charge in [0, 0.05) is 0 Å². The lowest BCUT2D eigenvalue weighted by atomic mass is 10.2. The van der Waals surface area contributed by atoms with Gasteiger partial charge in [0.15, 0.2) is 5.82 Å². The molecule has 0 saturated heterocycles. The molecule has 0 amide bonds. The smallest absolute Gasteiger partial charge is 0.420 e. The summed E-state index contributed by atoms with van der Waals surface area (Å²) in [5, 5.41) is 12.1. The van der Waals surface area contributed by atoms with Crippen LogP contribution in [0.5, 0.6) is 5.88 Å². The van der Waals surface area contributed by atoms with Crippen LogP contribution in [0.3, 0.4) is 0 Å². The zero-order valence-electron chi connectivity index (χ0n) is 10.4. The Morgan fingerprint density at radius 1 is 1.48 bits per heavy atom. The highest BCUT2D eigenvalue weighted by Gasteiger charge is 2.37. The maximum Gasteiger partial charge on any atom is 0.420 e. The molecular formula is C11H7ClF3N5O. The summed E-state index contributed by atoms with van der Waals surface area (Å²) in [6.45, 7) is 0. The number of pyridine rings is 1. The number of anilines is 1. The predicted molar refractivity (Wildman–Crippen MR) is 67.1 cm³/mol. The summed E-state index contributed by atoms with van der Waals surface area (Å²) in [5.41, 5.74) is 4.37. The first kappa shape index (κ1) is 14.9. The van der Waals surface area contributed by atoms with Gasteiger partial charge in [0.25, 0.3) is 0 Å². The topological polar surface area (TPSA) is 89.8 Å². The highest BCUT2D eigenvalue weighted by molar-refractivity contribution is 6.31. The third-order valence-electron chi connectivity index (χ3n) is 2.55. The number of aromatic nitrogens is 3. The predicted octanol–water partition coefficient (Wildman–Crippen LogP) is 2.40. The van der Waals surface area contributed by atoms with Crippen molar-refractivity contribution in [3.8, 4) is 17.8 Å². The van der Waals surface area contributed by atoms with Gasteiger partial charge in [-0.2, -0.15) is 33.2 Å². The molecule has 2 aromatic rings. The zero-order chi connectivity index (χ0) is 15.8. The summed E-state index contributed by atoms with van der Waals surface area (Å²) in [5.74, 6) is -1.10. The van der Waals surface area contributed by atoms with Crippen molar-refractivity contribution in [2.75, 3.05) is 12.8 Å². The van der Waals surface area contributed by atoms with E-state index in [9.17, 15) is 13.2 Å². The van der Waals surface area contributed by atoms with Crippen molar-refractivity contribution in [2.45, 2.75) is 6.18 Å². The Morgan fingerprint density at radius 3 is 2.62 bits per heavy atom. The quantitative estimate of drug-likeness (QED) is 0.918. The van der Waals surface area contributed by atoms with E-state index < -0.39 is 17.6 Å². The Hall–Kier alpha value is -2.47. The minimum absolute atomic E-state index is 0.0705. The van der Waals surface area contributed by atoms with Crippen LogP contribution in [-0.4, -0.2) is 21.9 Å². The second-order valence-corrected chi connectivity index (χ2v) is 4.22. The molecule has 0 spiro atoms. The molecule has 110 valence electrons. The van der Waals surface area contributed by atoms with E-state index >= 15 is 0 Å². The summed E-state index contributed by atoms with van der Waals surface area (Å²) in [6, 6.07) is 2.37. The van der Waals surface area contributed by atoms with Gasteiger partial charge in [0.05, 0.1) is 13.3 Å². The fraction of sp³-hybridized carbons (Fsp3) is 0.182. The summed E-state index contributed by atoms with van der Waals surface area (Å²) in [7, 11) is 1.21. The molecule has 2 N–H and O–H groups in total. The highest BCUT2D eigenvalue weighted by atomic mass is 35.5. The molecular weight excluding hydrogens is 311 g/mol. The van der Waals surface area contributed by atoms with E-state index in [0.29, 0.717) is 10.7 Å². The molecule has 0 aliphatic carbocycles. The number of nitriles is 1. The fourth-order valence-corrected chi connectivity index (χ4v) is 1.82. The van der Waals surface area contributed by atoms with Crippen molar-refractivity contribution in [3.05, 3.63) is 28.4 Å². The van der Waals surface area contributed by atoms with Crippen molar-refractivity contribution in [3.63, 3.8) is 0 Å². The van der Waals surface area contributed by atoms with Crippen LogP contribution < -0.4 is 10.5 Å². The number of nitrogen functional groups attached to an aromatic ring is 1. The molecule has 2 aromatic heterocycles. The van der Waals surface area contributed by atoms with E-state index in [1.807, 2.05) is 0 Å². The van der Waals surface area contributed by atoms with Gasteiger partial charge in [-0.1, -0.05) is 11.6 Å². The van der Waals surface area contributed by atoms with Crippen LogP contribution in [-0.2, 0) is 6.18 Å². The van der Waals surface area contributed by atoms with Gasteiger partial charge >= 0.3 is 6.18 Å². The third kappa shape index (κ3) is 2.57. The van der Waals surface area contributed by atoms with Crippen molar-refractivity contribution in [2.24, 2.45) is 0 Å². The molecule has 0 aromatic carbocycles. The number of halogens is 4. The number of rotatable bonds is 2. The Balaban J connectivity index is 2.77. The van der Waals surface area contributed by atoms with E-state index in [1.165, 1.54) is 7.11 Å². The normalized spacial score (nSPS) is 11.2. The molecule has 0 bridgehead atoms. The molecule has 0 radical (unpaired) electrons. The van der Waals surface area contributed by atoms with Gasteiger partial charge < -0.3 is 10.5 Å². The number of ether oxygens (including phenoxy) is 1. The average Bonchev–Trinajstić information content (AvgIpc) is 2.78. The van der Waals surface area contributed by atoms with Crippen LogP contribution in [0.1, 0.15) is 11.1 Å². The van der Waals surface area contributed by atoms with Gasteiger partial charge in [-0.05, 0) is 6.07 Å². The summed E-state index contributed by atoms with van der Waals surface area (Å²) in [4.78, 5) is 3.67. The average molecular weight is 318 g/mol. The van der Waals surface area contributed by atoms with Crippen molar-refractivity contribution in [1.82, 2.24) is 14.8 Å². The largest absolute Gasteiger partial charge is 0.480 e. The first-order valence-electron chi connectivity index (χ1n) is 5.35. The SMILES string of the molecule is COc1nc(-n2ncc(C#N)c2N)c(C(F)(F)F)cc1Cl. The van der Waals surface area contributed by atoms with Crippen LogP contribution in [0.4, 0.5) is 19.0 Å². The minimum atomic E-state index is -4.73. The van der Waals surface area contributed by atoms with E-state index in [1.54, 1.807) is 6.07 Å². The highest BCUT2D eigenvalue weighted by Crippen LogP contribution is 2.38. The second-order valence-electron chi connectivity index (χ2n) is 3.82. The van der Waals surface area contributed by atoms with Gasteiger partial charge in [-0.15, -0.1) is 0 Å². The summed E-state index contributed by atoms with van der Waals surface area (Å²) < 4.78 is 44.8. The summed E-state index contributed by atoms with van der Waals surface area (Å²) in [6.07, 6.45) is -3.69. The second kappa shape index (κ2) is 5.14. The zero-order valence-corrected chi connectivity index (χ0v) is 11.2. The first-order chi connectivity index (χ1) is 9.79. The van der Waals surface area contributed by atoms with Crippen LogP contribution in [0, 0.1) is 11.3 Å². The van der Waals surface area contributed by atoms with Crippen LogP contribution >= 0.6 is 11.6 Å². The molecule has 0 aliphatic rings. The molecule has 0 aliphatic heterocycles. The maximum atomic E-state index is 13.1. The Morgan fingerprint density at radius 2 is 2.14 bits per heavy atom. The van der Waals surface area contributed by atoms with Crippen LogP contribution in [0.25, 0.3) is 5.82 Å². The molecule has 0 atom stereocenters. The van der Waals surface area contributed by atoms with Crippen molar-refractivity contribution >= 4 is 17.4 Å². The standard InChI is InChI=1S/C11H7ClF3N5O/c1-21-10-7(12)2-6(11(13,14)15)9(19-10)20-8(17)5(3-16)4-18-20/h2,4H,17H2,1H3. The van der Waals surface area contributed by atoms with E-state index in [2.05, 4.69) is 10.1 Å². The lowest BCUT2D eigenvalue weighted by Gasteiger charge is -2.14. The lowest BCUT2D eigenvalue weighted by molar-refractivity contribution is -0.137. The first-order valence-corrected chi connectivity index (χ1v) is 5.73. The lowest BCUT2D eigenvalue weighted by Crippen LogP contribution is -2.15. The van der Waals surface area contributed by atoms with Crippen molar-refractivity contribution < 1.29 is 17.9 Å². The van der Waals surface area contributed by atoms with Crippen LogP contribution in [0.15, 0.2) is 12.3 Å². The summed E-state index contributed by atoms with van der Waals surface area (Å²) >= 11 is 5.67. The number of nitrogens with zero attached hydrogens (tertiary/aromatic N) is 4.